The van der Waals surface area contributed by atoms with Crippen molar-refractivity contribution >= 4 is 10.9 Å². The van der Waals surface area contributed by atoms with Crippen molar-refractivity contribution in [2.45, 2.75) is 40.3 Å². The van der Waals surface area contributed by atoms with E-state index < -0.39 is 0 Å². The van der Waals surface area contributed by atoms with Gasteiger partial charge >= 0.3 is 0 Å². The first-order chi connectivity index (χ1) is 9.65. The van der Waals surface area contributed by atoms with Crippen molar-refractivity contribution in [3.05, 3.63) is 45.7 Å². The molecule has 3 nitrogen and oxygen atoms in total. The first-order valence-electron chi connectivity index (χ1n) is 7.49. The molecule has 1 aliphatic rings. The van der Waals surface area contributed by atoms with Crippen LogP contribution in [0.3, 0.4) is 0 Å². The zero-order chi connectivity index (χ0) is 14.9. The summed E-state index contributed by atoms with van der Waals surface area (Å²) in [7, 11) is 2.07. The maximum absolute atomic E-state index is 12.5. The van der Waals surface area contributed by atoms with Crippen molar-refractivity contribution in [1.29, 1.82) is 0 Å². The average molecular weight is 272 g/mol. The molecule has 2 aromatic rings. The Balaban J connectivity index is 0.000000704. The number of para-hydroxylation sites is 1. The molecular weight excluding hydrogens is 248 g/mol. The van der Waals surface area contributed by atoms with Crippen molar-refractivity contribution < 1.29 is 0 Å². The van der Waals surface area contributed by atoms with Gasteiger partial charge in [0.25, 0.3) is 0 Å². The van der Waals surface area contributed by atoms with Gasteiger partial charge in [0.1, 0.15) is 0 Å². The molecule has 2 heterocycles. The standard InChI is InChI=1S/C15H18N2O.C2H6/c1-4-17-9-12-14(10(17)2)16(3)13-8-6-5-7-11(13)15(12)18;1-2/h5-8,10H,4,9H2,1-3H3;1-2H3. The van der Waals surface area contributed by atoms with Crippen molar-refractivity contribution in [2.75, 3.05) is 6.54 Å². The van der Waals surface area contributed by atoms with E-state index >= 15 is 0 Å². The first kappa shape index (κ1) is 14.8. The van der Waals surface area contributed by atoms with Crippen LogP contribution in [0.1, 0.15) is 45.0 Å². The van der Waals surface area contributed by atoms with Gasteiger partial charge in [0.05, 0.1) is 5.52 Å². The Morgan fingerprint density at radius 3 is 2.55 bits per heavy atom. The van der Waals surface area contributed by atoms with Gasteiger partial charge in [0.2, 0.25) is 0 Å². The molecule has 1 unspecified atom stereocenters. The van der Waals surface area contributed by atoms with Crippen LogP contribution in [0.5, 0.6) is 0 Å². The third kappa shape index (κ3) is 2.06. The second kappa shape index (κ2) is 5.80. The van der Waals surface area contributed by atoms with Gasteiger partial charge in [-0.1, -0.05) is 32.9 Å². The van der Waals surface area contributed by atoms with Gasteiger partial charge in [-0.2, -0.15) is 0 Å². The van der Waals surface area contributed by atoms with Crippen LogP contribution in [-0.4, -0.2) is 16.0 Å². The third-order valence-electron chi connectivity index (χ3n) is 4.17. The lowest BCUT2D eigenvalue weighted by molar-refractivity contribution is 0.238. The van der Waals surface area contributed by atoms with E-state index in [0.29, 0.717) is 6.04 Å². The third-order valence-corrected chi connectivity index (χ3v) is 4.17. The molecule has 108 valence electrons. The molecular formula is C17H24N2O. The zero-order valence-corrected chi connectivity index (χ0v) is 13.1. The smallest absolute Gasteiger partial charge is 0.194 e. The number of benzene rings is 1. The fourth-order valence-electron chi connectivity index (χ4n) is 3.15. The fraction of sp³-hybridized carbons (Fsp3) is 0.471. The predicted molar refractivity (Wildman–Crippen MR) is 85.0 cm³/mol. The van der Waals surface area contributed by atoms with E-state index in [1.807, 2.05) is 38.1 Å². The van der Waals surface area contributed by atoms with E-state index in [9.17, 15) is 4.79 Å². The van der Waals surface area contributed by atoms with Gasteiger partial charge in [0, 0.05) is 36.3 Å². The van der Waals surface area contributed by atoms with Crippen LogP contribution < -0.4 is 5.43 Å². The van der Waals surface area contributed by atoms with Crippen LogP contribution in [0.15, 0.2) is 29.1 Å². The molecule has 1 aliphatic heterocycles. The fourth-order valence-corrected chi connectivity index (χ4v) is 3.15. The van der Waals surface area contributed by atoms with Gasteiger partial charge in [-0.15, -0.1) is 0 Å². The molecule has 0 radical (unpaired) electrons. The van der Waals surface area contributed by atoms with E-state index in [0.717, 1.165) is 29.6 Å². The lowest BCUT2D eigenvalue weighted by Crippen LogP contribution is -2.20. The molecule has 0 spiro atoms. The maximum Gasteiger partial charge on any atom is 0.194 e. The average Bonchev–Trinajstić information content (AvgIpc) is 2.84. The molecule has 0 amide bonds. The Morgan fingerprint density at radius 2 is 1.90 bits per heavy atom. The Kier molecular flexibility index (Phi) is 4.29. The quantitative estimate of drug-likeness (QED) is 0.794. The Hall–Kier alpha value is -1.61. The van der Waals surface area contributed by atoms with Crippen LogP contribution in [0.25, 0.3) is 10.9 Å². The Morgan fingerprint density at radius 1 is 1.25 bits per heavy atom. The minimum atomic E-state index is 0.210. The Labute approximate surface area is 120 Å². The maximum atomic E-state index is 12.5. The van der Waals surface area contributed by atoms with E-state index in [1.165, 1.54) is 5.69 Å². The minimum absolute atomic E-state index is 0.210. The number of aryl methyl sites for hydroxylation is 1. The number of aromatic nitrogens is 1. The zero-order valence-electron chi connectivity index (χ0n) is 13.1. The summed E-state index contributed by atoms with van der Waals surface area (Å²) in [6.45, 7) is 10.1. The van der Waals surface area contributed by atoms with E-state index in [2.05, 4.69) is 30.4 Å². The van der Waals surface area contributed by atoms with Crippen LogP contribution >= 0.6 is 0 Å². The monoisotopic (exact) mass is 272 g/mol. The van der Waals surface area contributed by atoms with Gasteiger partial charge in [-0.3, -0.25) is 9.69 Å². The summed E-state index contributed by atoms with van der Waals surface area (Å²) in [6.07, 6.45) is 0. The van der Waals surface area contributed by atoms with Crippen molar-refractivity contribution in [3.63, 3.8) is 0 Å². The number of rotatable bonds is 1. The molecule has 0 saturated carbocycles. The van der Waals surface area contributed by atoms with Gasteiger partial charge in [0.15, 0.2) is 5.43 Å². The van der Waals surface area contributed by atoms with Crippen molar-refractivity contribution in [2.24, 2.45) is 7.05 Å². The van der Waals surface area contributed by atoms with Crippen molar-refractivity contribution in [3.8, 4) is 0 Å². The van der Waals surface area contributed by atoms with Gasteiger partial charge in [-0.05, 0) is 25.6 Å². The second-order valence-corrected chi connectivity index (χ2v) is 5.01. The summed E-state index contributed by atoms with van der Waals surface area (Å²) in [5.74, 6) is 0. The highest BCUT2D eigenvalue weighted by Gasteiger charge is 2.30. The molecule has 3 heteroatoms. The normalized spacial score (nSPS) is 17.8. The molecule has 20 heavy (non-hydrogen) atoms. The van der Waals surface area contributed by atoms with Gasteiger partial charge in [-0.25, -0.2) is 0 Å². The number of fused-ring (bicyclic) bond motifs is 2. The highest BCUT2D eigenvalue weighted by Crippen LogP contribution is 2.32. The summed E-state index contributed by atoms with van der Waals surface area (Å²) in [6, 6.07) is 8.21. The number of hydrogen-bond acceptors (Lipinski definition) is 2. The summed E-state index contributed by atoms with van der Waals surface area (Å²) >= 11 is 0. The number of nitrogens with zero attached hydrogens (tertiary/aromatic N) is 2. The number of pyridine rings is 1. The molecule has 3 rings (SSSR count). The summed E-state index contributed by atoms with van der Waals surface area (Å²) in [5, 5.41) is 0.837. The van der Waals surface area contributed by atoms with Crippen LogP contribution in [0.2, 0.25) is 0 Å². The van der Waals surface area contributed by atoms with E-state index in [-0.39, 0.29) is 5.43 Å². The second-order valence-electron chi connectivity index (χ2n) is 5.01. The SMILES string of the molecule is CC.CCN1Cc2c(n(C)c3ccccc3c2=O)C1C. The van der Waals surface area contributed by atoms with E-state index in [4.69, 9.17) is 0 Å². The summed E-state index contributed by atoms with van der Waals surface area (Å²) < 4.78 is 2.19. The molecule has 1 atom stereocenters. The molecule has 0 saturated heterocycles. The molecule has 1 aromatic carbocycles. The van der Waals surface area contributed by atoms with Crippen LogP contribution in [0, 0.1) is 0 Å². The lowest BCUT2D eigenvalue weighted by atomic mass is 10.1. The molecule has 0 aliphatic carbocycles. The molecule has 0 N–H and O–H groups in total. The highest BCUT2D eigenvalue weighted by molar-refractivity contribution is 5.80. The topological polar surface area (TPSA) is 25.2 Å². The lowest BCUT2D eigenvalue weighted by Gasteiger charge is -2.20. The van der Waals surface area contributed by atoms with Crippen LogP contribution in [0.4, 0.5) is 0 Å². The van der Waals surface area contributed by atoms with E-state index in [1.54, 1.807) is 0 Å². The highest BCUT2D eigenvalue weighted by atomic mass is 16.1. The first-order valence-corrected chi connectivity index (χ1v) is 7.49. The Bertz CT molecular complexity index is 672. The largest absolute Gasteiger partial charge is 0.346 e. The molecule has 0 fully saturated rings. The van der Waals surface area contributed by atoms with Crippen LogP contribution in [-0.2, 0) is 13.6 Å². The predicted octanol–water partition coefficient (Wildman–Crippen LogP) is 3.46. The molecule has 0 bridgehead atoms. The number of hydrogen-bond donors (Lipinski definition) is 0. The van der Waals surface area contributed by atoms with Gasteiger partial charge < -0.3 is 4.57 Å². The van der Waals surface area contributed by atoms with Crippen molar-refractivity contribution in [1.82, 2.24) is 9.47 Å². The minimum Gasteiger partial charge on any atom is -0.346 e. The summed E-state index contributed by atoms with van der Waals surface area (Å²) in [4.78, 5) is 14.9. The molecule has 1 aromatic heterocycles. The summed E-state index contributed by atoms with van der Waals surface area (Å²) in [5.41, 5.74) is 3.40.